The van der Waals surface area contributed by atoms with Gasteiger partial charge in [-0.3, -0.25) is 9.59 Å². The van der Waals surface area contributed by atoms with Crippen LogP contribution in [-0.2, 0) is 4.79 Å². The number of aliphatic imine (C=N–C) groups is 1. The molecule has 160 valence electrons. The number of halogens is 2. The fourth-order valence-corrected chi connectivity index (χ4v) is 3.42. The maximum absolute atomic E-state index is 12.9. The van der Waals surface area contributed by atoms with Gasteiger partial charge in [-0.1, -0.05) is 18.9 Å². The largest absolute Gasteiger partial charge is 0.487 e. The van der Waals surface area contributed by atoms with Crippen LogP contribution in [0.15, 0.2) is 23.2 Å². The van der Waals surface area contributed by atoms with Crippen LogP contribution >= 0.6 is 0 Å². The summed E-state index contributed by atoms with van der Waals surface area (Å²) in [6, 6.07) is 4.92. The number of nitrogens with zero attached hydrogens (tertiary/aromatic N) is 1. The van der Waals surface area contributed by atoms with Crippen molar-refractivity contribution in [3.63, 3.8) is 0 Å². The summed E-state index contributed by atoms with van der Waals surface area (Å²) in [5.41, 5.74) is 6.21. The number of nitrogens with two attached hydrogens (primary N) is 1. The quantitative estimate of drug-likeness (QED) is 0.481. The Hall–Kier alpha value is -2.51. The molecular formula is C21H29F2N3O3. The van der Waals surface area contributed by atoms with Gasteiger partial charge in [-0.05, 0) is 55.7 Å². The second kappa shape index (κ2) is 8.47. The summed E-state index contributed by atoms with van der Waals surface area (Å²) >= 11 is 0. The zero-order valence-electron chi connectivity index (χ0n) is 16.7. The lowest BCUT2D eigenvalue weighted by Gasteiger charge is -2.30. The molecule has 1 atom stereocenters. The second-order valence-electron chi connectivity index (χ2n) is 8.18. The Morgan fingerprint density at radius 2 is 2.03 bits per heavy atom. The van der Waals surface area contributed by atoms with Crippen LogP contribution in [0.3, 0.4) is 0 Å². The van der Waals surface area contributed by atoms with E-state index in [2.05, 4.69) is 10.3 Å². The van der Waals surface area contributed by atoms with Crippen LogP contribution < -0.4 is 15.8 Å². The topological polar surface area (TPSA) is 93.8 Å². The van der Waals surface area contributed by atoms with Gasteiger partial charge in [0.05, 0.1) is 5.54 Å². The molecule has 1 aromatic rings. The number of hydrogen-bond acceptors (Lipinski definition) is 3. The van der Waals surface area contributed by atoms with E-state index in [0.717, 1.165) is 31.2 Å². The number of nitrogens with one attached hydrogen (secondary N) is 1. The monoisotopic (exact) mass is 409 g/mol. The van der Waals surface area contributed by atoms with Crippen LogP contribution in [0.25, 0.3) is 0 Å². The molecule has 6 nitrogen and oxygen atoms in total. The van der Waals surface area contributed by atoms with Crippen LogP contribution in [0.4, 0.5) is 8.78 Å². The van der Waals surface area contributed by atoms with Crippen LogP contribution in [0.5, 0.6) is 5.75 Å². The summed E-state index contributed by atoms with van der Waals surface area (Å²) < 4.78 is 30.5. The molecule has 0 unspecified atom stereocenters. The molecule has 8 heteroatoms. The van der Waals surface area contributed by atoms with Crippen molar-refractivity contribution in [2.45, 2.75) is 63.8 Å². The number of amidine groups is 1. The molecule has 0 saturated heterocycles. The number of amides is 2. The van der Waals surface area contributed by atoms with Gasteiger partial charge < -0.3 is 15.8 Å². The molecule has 2 saturated carbocycles. The minimum absolute atomic E-state index is 0. The van der Waals surface area contributed by atoms with Gasteiger partial charge in [-0.15, -0.1) is 0 Å². The molecule has 29 heavy (non-hydrogen) atoms. The lowest BCUT2D eigenvalue weighted by Crippen LogP contribution is -2.56. The average molecular weight is 409 g/mol. The minimum Gasteiger partial charge on any atom is -0.487 e. The molecule has 3 rings (SSSR count). The Morgan fingerprint density at radius 1 is 1.34 bits per heavy atom. The van der Waals surface area contributed by atoms with E-state index in [1.807, 2.05) is 0 Å². The molecule has 2 aliphatic carbocycles. The third-order valence-electron chi connectivity index (χ3n) is 5.28. The maximum atomic E-state index is 12.9. The van der Waals surface area contributed by atoms with E-state index in [4.69, 9.17) is 10.5 Å². The number of ether oxygens (including phenoxy) is 1. The van der Waals surface area contributed by atoms with Gasteiger partial charge in [0, 0.05) is 13.9 Å². The van der Waals surface area contributed by atoms with E-state index in [0.29, 0.717) is 24.0 Å². The Kier molecular flexibility index (Phi) is 6.19. The predicted molar refractivity (Wildman–Crippen MR) is 108 cm³/mol. The summed E-state index contributed by atoms with van der Waals surface area (Å²) in [5, 5.41) is 2.89. The molecule has 2 amide bonds. The Bertz CT molecular complexity index is 826. The number of carbonyl (C=O) groups is 2. The smallest absolute Gasteiger partial charge is 0.272 e. The van der Waals surface area contributed by atoms with E-state index in [1.54, 1.807) is 19.1 Å². The fourth-order valence-electron chi connectivity index (χ4n) is 3.42. The van der Waals surface area contributed by atoms with Gasteiger partial charge in [0.1, 0.15) is 18.2 Å². The van der Waals surface area contributed by atoms with Crippen LogP contribution in [0.2, 0.25) is 0 Å². The van der Waals surface area contributed by atoms with Crippen LogP contribution in [0, 0.1) is 5.92 Å². The zero-order chi connectivity index (χ0) is 21.2. The van der Waals surface area contributed by atoms with Crippen molar-refractivity contribution in [3.8, 4) is 5.75 Å². The van der Waals surface area contributed by atoms with Gasteiger partial charge in [-0.25, -0.2) is 8.78 Å². The molecule has 3 N–H and O–H groups in total. The first kappa shape index (κ1) is 21.2. The first-order valence-electron chi connectivity index (χ1n) is 9.90. The van der Waals surface area contributed by atoms with Crippen molar-refractivity contribution >= 4 is 17.6 Å². The highest BCUT2D eigenvalue weighted by atomic mass is 19.3. The fraction of sp³-hybridized carbons (Fsp3) is 0.571. The molecule has 0 aliphatic heterocycles. The Labute approximate surface area is 170 Å². The number of benzene rings is 1. The van der Waals surface area contributed by atoms with E-state index < -0.39 is 30.4 Å². The number of rotatable bonds is 9. The van der Waals surface area contributed by atoms with E-state index in [1.165, 1.54) is 13.0 Å². The summed E-state index contributed by atoms with van der Waals surface area (Å²) in [7, 11) is 0. The summed E-state index contributed by atoms with van der Waals surface area (Å²) in [6.07, 6.45) is 2.03. The number of alkyl halides is 2. The predicted octanol–water partition coefficient (Wildman–Crippen LogP) is 3.65. The zero-order valence-corrected chi connectivity index (χ0v) is 16.7. The maximum Gasteiger partial charge on any atom is 0.272 e. The molecule has 1 aromatic carbocycles. The van der Waals surface area contributed by atoms with Crippen molar-refractivity contribution in [1.82, 2.24) is 5.32 Å². The lowest BCUT2D eigenvalue weighted by molar-refractivity contribution is -0.115. The SMILES string of the molecule is CC(=O)N=C(N)[C@](C)(CC1CC1)NC(=O)c1ccc(C2CC2)c(OCC(F)F)c1.[HH]. The molecule has 0 spiro atoms. The minimum atomic E-state index is -2.59. The van der Waals surface area contributed by atoms with Crippen molar-refractivity contribution in [2.24, 2.45) is 16.6 Å². The number of hydrogen-bond donors (Lipinski definition) is 2. The van der Waals surface area contributed by atoms with Crippen molar-refractivity contribution < 1.29 is 24.5 Å². The van der Waals surface area contributed by atoms with Crippen LogP contribution in [0.1, 0.15) is 69.2 Å². The first-order valence-corrected chi connectivity index (χ1v) is 9.90. The second-order valence-corrected chi connectivity index (χ2v) is 8.18. The molecule has 0 bridgehead atoms. The molecule has 0 aromatic heterocycles. The van der Waals surface area contributed by atoms with E-state index in [9.17, 15) is 18.4 Å². The molecule has 2 aliphatic rings. The van der Waals surface area contributed by atoms with E-state index in [-0.39, 0.29) is 12.8 Å². The summed E-state index contributed by atoms with van der Waals surface area (Å²) in [5.74, 6) is 0.236. The van der Waals surface area contributed by atoms with Crippen molar-refractivity contribution in [1.29, 1.82) is 0 Å². The van der Waals surface area contributed by atoms with E-state index >= 15 is 0 Å². The summed E-state index contributed by atoms with van der Waals surface area (Å²) in [6.45, 7) is 2.33. The Morgan fingerprint density at radius 3 is 2.59 bits per heavy atom. The highest BCUT2D eigenvalue weighted by Crippen LogP contribution is 2.44. The van der Waals surface area contributed by atoms with Gasteiger partial charge in [0.2, 0.25) is 5.91 Å². The van der Waals surface area contributed by atoms with Crippen molar-refractivity contribution in [3.05, 3.63) is 29.3 Å². The van der Waals surface area contributed by atoms with Gasteiger partial charge in [0.15, 0.2) is 0 Å². The first-order chi connectivity index (χ1) is 13.7. The van der Waals surface area contributed by atoms with Crippen LogP contribution in [-0.4, -0.2) is 36.2 Å². The lowest BCUT2D eigenvalue weighted by atomic mass is 9.92. The highest BCUT2D eigenvalue weighted by molar-refractivity contribution is 6.03. The van der Waals surface area contributed by atoms with Gasteiger partial charge >= 0.3 is 0 Å². The third kappa shape index (κ3) is 5.74. The third-order valence-corrected chi connectivity index (χ3v) is 5.28. The molecule has 0 radical (unpaired) electrons. The normalized spacial score (nSPS) is 19.0. The molecular weight excluding hydrogens is 380 g/mol. The van der Waals surface area contributed by atoms with Crippen molar-refractivity contribution in [2.75, 3.05) is 6.61 Å². The standard InChI is InChI=1S/C21H27F2N3O3.H2/c1-12(27)25-20(24)21(2,10-13-3-4-13)26-19(28)15-7-8-16(14-5-6-14)17(9-15)29-11-18(22)23;/h7-9,13-14,18H,3-6,10-11H2,1-2H3,(H,26,28)(H2,24,25,27);1H/t21-;/m0./s1. The van der Waals surface area contributed by atoms with Gasteiger partial charge in [-0.2, -0.15) is 4.99 Å². The number of carbonyl (C=O) groups excluding carboxylic acids is 2. The molecule has 0 heterocycles. The van der Waals surface area contributed by atoms with Gasteiger partial charge in [0.25, 0.3) is 12.3 Å². The highest BCUT2D eigenvalue weighted by Gasteiger charge is 2.38. The average Bonchev–Trinajstić information content (AvgIpc) is 3.53. The Balaban J connectivity index is 0.00000320. The summed E-state index contributed by atoms with van der Waals surface area (Å²) in [4.78, 5) is 28.1. The molecule has 2 fully saturated rings.